The molecule has 0 atom stereocenters. The van der Waals surface area contributed by atoms with Gasteiger partial charge in [-0.05, 0) is 20.8 Å². The van der Waals surface area contributed by atoms with Gasteiger partial charge in [0.05, 0.1) is 11.4 Å². The van der Waals surface area contributed by atoms with Gasteiger partial charge in [0.15, 0.2) is 0 Å². The van der Waals surface area contributed by atoms with Crippen LogP contribution in [0.2, 0.25) is 0 Å². The minimum atomic E-state index is -3.14. The lowest BCUT2D eigenvalue weighted by molar-refractivity contribution is 0.0773. The van der Waals surface area contributed by atoms with Crippen molar-refractivity contribution in [1.82, 2.24) is 24.2 Å². The second-order valence-electron chi connectivity index (χ2n) is 5.77. The zero-order chi connectivity index (χ0) is 18.1. The lowest BCUT2D eigenvalue weighted by Gasteiger charge is -2.21. The fourth-order valence-electron chi connectivity index (χ4n) is 2.61. The Bertz CT molecular complexity index is 851. The first kappa shape index (κ1) is 18.2. The van der Waals surface area contributed by atoms with Crippen LogP contribution in [0, 0.1) is 13.8 Å². The average Bonchev–Trinajstić information content (AvgIpc) is 3.00. The van der Waals surface area contributed by atoms with Gasteiger partial charge in [-0.25, -0.2) is 13.4 Å². The number of aromatic nitrogens is 4. The molecule has 0 saturated heterocycles. The summed E-state index contributed by atoms with van der Waals surface area (Å²) in [7, 11) is -1.37. The largest absolute Gasteiger partial charge is 0.338 e. The van der Waals surface area contributed by atoms with Crippen molar-refractivity contribution in [2.24, 2.45) is 7.05 Å². The van der Waals surface area contributed by atoms with Gasteiger partial charge in [0, 0.05) is 38.8 Å². The number of carbonyl (C=O) groups is 1. The summed E-state index contributed by atoms with van der Waals surface area (Å²) in [6.45, 7) is 6.02. The zero-order valence-electron chi connectivity index (χ0n) is 14.6. The van der Waals surface area contributed by atoms with E-state index in [9.17, 15) is 13.2 Å². The molecule has 0 spiro atoms. The molecular weight excluding hydrogens is 330 g/mol. The molecule has 132 valence electrons. The summed E-state index contributed by atoms with van der Waals surface area (Å²) in [6, 6.07) is 0. The van der Waals surface area contributed by atoms with Gasteiger partial charge in [-0.2, -0.15) is 5.10 Å². The predicted octanol–water partition coefficient (Wildman–Crippen LogP) is 0.729. The first-order valence-electron chi connectivity index (χ1n) is 7.66. The summed E-state index contributed by atoms with van der Waals surface area (Å²) in [5.41, 5.74) is 1.07. The fourth-order valence-corrected chi connectivity index (χ4v) is 3.16. The van der Waals surface area contributed by atoms with Crippen molar-refractivity contribution in [3.05, 3.63) is 29.5 Å². The molecule has 0 aliphatic rings. The second kappa shape index (κ2) is 6.76. The van der Waals surface area contributed by atoms with Gasteiger partial charge >= 0.3 is 0 Å². The van der Waals surface area contributed by atoms with Crippen LogP contribution < -0.4 is 0 Å². The standard InChI is InChI=1S/C15H23N5O3S/c1-6-19(9-10-24(5,22)23)15(21)13-11(2)17-18(4)14(13)20-8-7-16-12(20)3/h7-8H,6,9-10H2,1-5H3. The fraction of sp³-hybridized carbons (Fsp3) is 0.533. The first-order valence-corrected chi connectivity index (χ1v) is 9.72. The van der Waals surface area contributed by atoms with Crippen molar-refractivity contribution < 1.29 is 13.2 Å². The molecule has 1 amide bonds. The van der Waals surface area contributed by atoms with E-state index >= 15 is 0 Å². The van der Waals surface area contributed by atoms with E-state index in [-0.39, 0.29) is 18.2 Å². The zero-order valence-corrected chi connectivity index (χ0v) is 15.5. The lowest BCUT2D eigenvalue weighted by Crippen LogP contribution is -2.35. The highest BCUT2D eigenvalue weighted by molar-refractivity contribution is 7.90. The van der Waals surface area contributed by atoms with Crippen LogP contribution in [-0.4, -0.2) is 63.7 Å². The highest BCUT2D eigenvalue weighted by atomic mass is 32.2. The molecular formula is C15H23N5O3S. The van der Waals surface area contributed by atoms with Crippen LogP contribution in [0.25, 0.3) is 5.82 Å². The average molecular weight is 353 g/mol. The summed E-state index contributed by atoms with van der Waals surface area (Å²) >= 11 is 0. The molecule has 0 aliphatic carbocycles. The number of rotatable bonds is 6. The molecule has 0 aliphatic heterocycles. The molecule has 9 heteroatoms. The van der Waals surface area contributed by atoms with Crippen LogP contribution in [0.1, 0.15) is 28.8 Å². The topological polar surface area (TPSA) is 90.1 Å². The Labute approximate surface area is 142 Å². The second-order valence-corrected chi connectivity index (χ2v) is 8.03. The van der Waals surface area contributed by atoms with E-state index in [0.717, 1.165) is 5.82 Å². The Kier molecular flexibility index (Phi) is 5.12. The van der Waals surface area contributed by atoms with E-state index in [4.69, 9.17) is 0 Å². The van der Waals surface area contributed by atoms with Crippen LogP contribution in [0.5, 0.6) is 0 Å². The van der Waals surface area contributed by atoms with Crippen molar-refractivity contribution in [1.29, 1.82) is 0 Å². The number of hydrogen-bond acceptors (Lipinski definition) is 5. The maximum atomic E-state index is 13.0. The molecule has 2 rings (SSSR count). The summed E-state index contributed by atoms with van der Waals surface area (Å²) in [5.74, 6) is 1.08. The molecule has 0 N–H and O–H groups in total. The van der Waals surface area contributed by atoms with Crippen molar-refractivity contribution in [3.63, 3.8) is 0 Å². The van der Waals surface area contributed by atoms with Crippen LogP contribution >= 0.6 is 0 Å². The monoisotopic (exact) mass is 353 g/mol. The van der Waals surface area contributed by atoms with Gasteiger partial charge in [0.1, 0.15) is 27.0 Å². The molecule has 0 bridgehead atoms. The number of carbonyl (C=O) groups excluding carboxylic acids is 1. The molecule has 2 heterocycles. The third-order valence-corrected chi connectivity index (χ3v) is 4.78. The highest BCUT2D eigenvalue weighted by Crippen LogP contribution is 2.21. The van der Waals surface area contributed by atoms with E-state index in [2.05, 4.69) is 10.1 Å². The normalized spacial score (nSPS) is 11.7. The van der Waals surface area contributed by atoms with Gasteiger partial charge < -0.3 is 4.90 Å². The van der Waals surface area contributed by atoms with E-state index < -0.39 is 9.84 Å². The maximum Gasteiger partial charge on any atom is 0.259 e. The van der Waals surface area contributed by atoms with Crippen LogP contribution in [0.4, 0.5) is 0 Å². The SMILES string of the molecule is CCN(CCS(C)(=O)=O)C(=O)c1c(C)nn(C)c1-n1ccnc1C. The maximum absolute atomic E-state index is 13.0. The number of aryl methyl sites for hydroxylation is 3. The summed E-state index contributed by atoms with van der Waals surface area (Å²) < 4.78 is 26.3. The first-order chi connectivity index (χ1) is 11.2. The number of imidazole rings is 1. The minimum absolute atomic E-state index is 0.0642. The van der Waals surface area contributed by atoms with E-state index in [0.29, 0.717) is 23.6 Å². The summed E-state index contributed by atoms with van der Waals surface area (Å²) in [4.78, 5) is 18.7. The molecule has 0 aromatic carbocycles. The van der Waals surface area contributed by atoms with Gasteiger partial charge in [-0.3, -0.25) is 14.0 Å². The van der Waals surface area contributed by atoms with E-state index in [1.165, 1.54) is 11.2 Å². The molecule has 24 heavy (non-hydrogen) atoms. The number of sulfone groups is 1. The number of amides is 1. The van der Waals surface area contributed by atoms with E-state index in [1.54, 1.807) is 35.6 Å². The molecule has 0 unspecified atom stereocenters. The smallest absolute Gasteiger partial charge is 0.259 e. The molecule has 2 aromatic rings. The minimum Gasteiger partial charge on any atom is -0.338 e. The Hall–Kier alpha value is -2.16. The van der Waals surface area contributed by atoms with Gasteiger partial charge in [0.2, 0.25) is 0 Å². The Morgan fingerprint density at radius 3 is 2.50 bits per heavy atom. The third kappa shape index (κ3) is 3.66. The quantitative estimate of drug-likeness (QED) is 0.764. The number of hydrogen-bond donors (Lipinski definition) is 0. The Balaban J connectivity index is 2.44. The Morgan fingerprint density at radius 1 is 1.33 bits per heavy atom. The van der Waals surface area contributed by atoms with Crippen molar-refractivity contribution in [2.45, 2.75) is 20.8 Å². The molecule has 8 nitrogen and oxygen atoms in total. The van der Waals surface area contributed by atoms with Crippen LogP contribution in [0.3, 0.4) is 0 Å². The van der Waals surface area contributed by atoms with Crippen molar-refractivity contribution >= 4 is 15.7 Å². The molecule has 0 saturated carbocycles. The summed E-state index contributed by atoms with van der Waals surface area (Å²) in [5, 5.41) is 4.36. The third-order valence-electron chi connectivity index (χ3n) is 3.86. The van der Waals surface area contributed by atoms with Gasteiger partial charge in [0.25, 0.3) is 5.91 Å². The van der Waals surface area contributed by atoms with Crippen LogP contribution in [-0.2, 0) is 16.9 Å². The molecule has 0 fully saturated rings. The van der Waals surface area contributed by atoms with Crippen molar-refractivity contribution in [3.8, 4) is 5.82 Å². The Morgan fingerprint density at radius 2 is 2.00 bits per heavy atom. The lowest BCUT2D eigenvalue weighted by atomic mass is 10.2. The predicted molar refractivity (Wildman–Crippen MR) is 91.1 cm³/mol. The number of nitrogens with zero attached hydrogens (tertiary/aromatic N) is 5. The van der Waals surface area contributed by atoms with Crippen LogP contribution in [0.15, 0.2) is 12.4 Å². The highest BCUT2D eigenvalue weighted by Gasteiger charge is 2.26. The van der Waals surface area contributed by atoms with E-state index in [1.807, 2.05) is 13.8 Å². The van der Waals surface area contributed by atoms with Gasteiger partial charge in [-0.1, -0.05) is 0 Å². The molecule has 0 radical (unpaired) electrons. The summed E-state index contributed by atoms with van der Waals surface area (Å²) in [6.07, 6.45) is 4.60. The van der Waals surface area contributed by atoms with Gasteiger partial charge in [-0.15, -0.1) is 0 Å². The van der Waals surface area contributed by atoms with Crippen molar-refractivity contribution in [2.75, 3.05) is 25.1 Å². The molecule has 2 aromatic heterocycles.